The molecule has 1 saturated heterocycles. The number of benzene rings is 2. The smallest absolute Gasteiger partial charge is 0.258 e. The second-order valence-electron chi connectivity index (χ2n) is 7.32. The van der Waals surface area contributed by atoms with Crippen molar-refractivity contribution >= 4 is 28.6 Å². The van der Waals surface area contributed by atoms with Gasteiger partial charge in [-0.2, -0.15) is 0 Å². The maximum Gasteiger partial charge on any atom is 0.258 e. The van der Waals surface area contributed by atoms with E-state index in [0.29, 0.717) is 22.5 Å². The van der Waals surface area contributed by atoms with E-state index >= 15 is 0 Å². The van der Waals surface area contributed by atoms with Gasteiger partial charge in [0.05, 0.1) is 22.3 Å². The summed E-state index contributed by atoms with van der Waals surface area (Å²) >= 11 is 1.53. The first-order valence-corrected chi connectivity index (χ1v) is 11.1. The van der Waals surface area contributed by atoms with E-state index in [9.17, 15) is 4.79 Å². The van der Waals surface area contributed by atoms with Gasteiger partial charge in [-0.05, 0) is 43.5 Å². The van der Waals surface area contributed by atoms with Crippen molar-refractivity contribution in [2.24, 2.45) is 0 Å². The van der Waals surface area contributed by atoms with Crippen LogP contribution in [0, 0.1) is 0 Å². The molecular formula is C22H22N6OS. The number of piperidine rings is 1. The van der Waals surface area contributed by atoms with E-state index in [1.807, 2.05) is 36.4 Å². The van der Waals surface area contributed by atoms with E-state index in [1.165, 1.54) is 31.0 Å². The van der Waals surface area contributed by atoms with Crippen LogP contribution in [0.15, 0.2) is 64.5 Å². The lowest BCUT2D eigenvalue weighted by Crippen LogP contribution is -2.31. The Hall–Kier alpha value is -3.13. The van der Waals surface area contributed by atoms with E-state index in [0.717, 1.165) is 29.9 Å². The third kappa shape index (κ3) is 3.70. The highest BCUT2D eigenvalue weighted by molar-refractivity contribution is 7.98. The van der Waals surface area contributed by atoms with Crippen LogP contribution in [-0.4, -0.2) is 37.8 Å². The number of aromatic amines is 1. The molecule has 0 aliphatic carbocycles. The lowest BCUT2D eigenvalue weighted by atomic mass is 10.1. The molecule has 0 unspecified atom stereocenters. The van der Waals surface area contributed by atoms with Crippen molar-refractivity contribution in [3.8, 4) is 5.69 Å². The Kier molecular flexibility index (Phi) is 5.23. The fourth-order valence-electron chi connectivity index (χ4n) is 3.79. The number of para-hydroxylation sites is 2. The molecule has 30 heavy (non-hydrogen) atoms. The molecule has 4 aromatic rings. The minimum absolute atomic E-state index is 0.116. The molecule has 3 heterocycles. The molecule has 2 aromatic carbocycles. The first-order chi connectivity index (χ1) is 14.8. The maximum atomic E-state index is 12.4. The summed E-state index contributed by atoms with van der Waals surface area (Å²) < 4.78 is 2.11. The van der Waals surface area contributed by atoms with E-state index in [1.54, 1.807) is 6.07 Å². The zero-order chi connectivity index (χ0) is 20.3. The SMILES string of the molecule is O=c1[nH]c(CSc2nnc(N3CCCCC3)n2-c2ccccc2)nc2ccccc12. The first-order valence-electron chi connectivity index (χ1n) is 10.2. The summed E-state index contributed by atoms with van der Waals surface area (Å²) in [6.07, 6.45) is 3.61. The number of hydrogen-bond donors (Lipinski definition) is 1. The van der Waals surface area contributed by atoms with Crippen LogP contribution in [0.2, 0.25) is 0 Å². The van der Waals surface area contributed by atoms with Gasteiger partial charge in [-0.3, -0.25) is 9.36 Å². The van der Waals surface area contributed by atoms with Crippen LogP contribution in [0.5, 0.6) is 0 Å². The Morgan fingerprint density at radius 1 is 0.933 bits per heavy atom. The predicted octanol–water partition coefficient (Wildman–Crippen LogP) is 3.79. The van der Waals surface area contributed by atoms with E-state index < -0.39 is 0 Å². The van der Waals surface area contributed by atoms with Gasteiger partial charge in [0.1, 0.15) is 5.82 Å². The second kappa shape index (κ2) is 8.31. The van der Waals surface area contributed by atoms with Crippen LogP contribution in [0.25, 0.3) is 16.6 Å². The molecule has 0 bridgehead atoms. The summed E-state index contributed by atoms with van der Waals surface area (Å²) in [7, 11) is 0. The lowest BCUT2D eigenvalue weighted by Gasteiger charge is -2.27. The molecule has 7 nitrogen and oxygen atoms in total. The van der Waals surface area contributed by atoms with Crippen molar-refractivity contribution in [3.05, 3.63) is 70.8 Å². The molecule has 0 atom stereocenters. The molecule has 1 N–H and O–H groups in total. The molecule has 0 amide bonds. The highest BCUT2D eigenvalue weighted by Gasteiger charge is 2.21. The van der Waals surface area contributed by atoms with Gasteiger partial charge in [-0.15, -0.1) is 10.2 Å². The minimum Gasteiger partial charge on any atom is -0.341 e. The van der Waals surface area contributed by atoms with Crippen LogP contribution >= 0.6 is 11.8 Å². The summed E-state index contributed by atoms with van der Waals surface area (Å²) in [6.45, 7) is 1.99. The molecule has 1 aliphatic rings. The Labute approximate surface area is 178 Å². The van der Waals surface area contributed by atoms with Gasteiger partial charge in [0.15, 0.2) is 5.16 Å². The molecule has 0 spiro atoms. The van der Waals surface area contributed by atoms with Gasteiger partial charge < -0.3 is 9.88 Å². The fraction of sp³-hybridized carbons (Fsp3) is 0.273. The Bertz CT molecular complexity index is 1210. The lowest BCUT2D eigenvalue weighted by molar-refractivity contribution is 0.564. The molecule has 2 aromatic heterocycles. The third-order valence-corrected chi connectivity index (χ3v) is 6.21. The second-order valence-corrected chi connectivity index (χ2v) is 8.26. The van der Waals surface area contributed by atoms with Crippen LogP contribution in [0.3, 0.4) is 0 Å². The molecule has 1 fully saturated rings. The zero-order valence-electron chi connectivity index (χ0n) is 16.5. The molecule has 1 aliphatic heterocycles. The normalized spacial score (nSPS) is 14.3. The molecule has 5 rings (SSSR count). The number of rotatable bonds is 5. The standard InChI is InChI=1S/C22H22N6OS/c29-20-17-11-5-6-12-18(17)23-19(24-20)15-30-22-26-25-21(27-13-7-2-8-14-27)28(22)16-9-3-1-4-10-16/h1,3-6,9-12H,2,7-8,13-15H2,(H,23,24,29). The van der Waals surface area contributed by atoms with Crippen molar-refractivity contribution in [2.75, 3.05) is 18.0 Å². The average molecular weight is 419 g/mol. The largest absolute Gasteiger partial charge is 0.341 e. The molecule has 152 valence electrons. The molecule has 8 heteroatoms. The zero-order valence-corrected chi connectivity index (χ0v) is 17.3. The van der Waals surface area contributed by atoms with E-state index in [2.05, 4.69) is 41.8 Å². The number of anilines is 1. The number of H-pyrrole nitrogens is 1. The number of aromatic nitrogens is 5. The minimum atomic E-state index is -0.116. The van der Waals surface area contributed by atoms with Crippen molar-refractivity contribution in [2.45, 2.75) is 30.2 Å². The fourth-order valence-corrected chi connectivity index (χ4v) is 4.61. The Morgan fingerprint density at radius 2 is 1.70 bits per heavy atom. The average Bonchev–Trinajstić information content (AvgIpc) is 3.23. The van der Waals surface area contributed by atoms with Crippen molar-refractivity contribution in [1.82, 2.24) is 24.7 Å². The molecule has 0 radical (unpaired) electrons. The van der Waals surface area contributed by atoms with Crippen molar-refractivity contribution in [1.29, 1.82) is 0 Å². The van der Waals surface area contributed by atoms with Gasteiger partial charge >= 0.3 is 0 Å². The number of nitrogens with zero attached hydrogens (tertiary/aromatic N) is 5. The van der Waals surface area contributed by atoms with Gasteiger partial charge in [-0.25, -0.2) is 4.98 Å². The maximum absolute atomic E-state index is 12.4. The van der Waals surface area contributed by atoms with Gasteiger partial charge in [-0.1, -0.05) is 42.1 Å². The van der Waals surface area contributed by atoms with Crippen LogP contribution in [0.1, 0.15) is 25.1 Å². The Balaban J connectivity index is 1.47. The highest BCUT2D eigenvalue weighted by atomic mass is 32.2. The summed E-state index contributed by atoms with van der Waals surface area (Å²) in [5.41, 5.74) is 1.62. The number of hydrogen-bond acceptors (Lipinski definition) is 6. The molecule has 0 saturated carbocycles. The highest BCUT2D eigenvalue weighted by Crippen LogP contribution is 2.29. The monoisotopic (exact) mass is 418 g/mol. The number of nitrogens with one attached hydrogen (secondary N) is 1. The summed E-state index contributed by atoms with van der Waals surface area (Å²) in [6, 6.07) is 17.6. The van der Waals surface area contributed by atoms with Crippen molar-refractivity contribution in [3.63, 3.8) is 0 Å². The van der Waals surface area contributed by atoms with Crippen LogP contribution in [-0.2, 0) is 5.75 Å². The summed E-state index contributed by atoms with van der Waals surface area (Å²) in [5.74, 6) is 2.01. The van der Waals surface area contributed by atoms with Gasteiger partial charge in [0.25, 0.3) is 5.56 Å². The van der Waals surface area contributed by atoms with Gasteiger partial charge in [0.2, 0.25) is 5.95 Å². The van der Waals surface area contributed by atoms with Crippen LogP contribution in [0.4, 0.5) is 5.95 Å². The quantitative estimate of drug-likeness (QED) is 0.497. The summed E-state index contributed by atoms with van der Waals surface area (Å²) in [4.78, 5) is 22.2. The van der Waals surface area contributed by atoms with Crippen LogP contribution < -0.4 is 10.5 Å². The van der Waals surface area contributed by atoms with Gasteiger partial charge in [0, 0.05) is 13.1 Å². The topological polar surface area (TPSA) is 79.7 Å². The van der Waals surface area contributed by atoms with Crippen molar-refractivity contribution < 1.29 is 0 Å². The van der Waals surface area contributed by atoms with E-state index in [-0.39, 0.29) is 5.56 Å². The first kappa shape index (κ1) is 18.9. The number of fused-ring (bicyclic) bond motifs is 1. The molecular weight excluding hydrogens is 396 g/mol. The Morgan fingerprint density at radius 3 is 2.53 bits per heavy atom. The number of thioether (sulfide) groups is 1. The summed E-state index contributed by atoms with van der Waals surface area (Å²) in [5, 5.41) is 10.4. The van der Waals surface area contributed by atoms with E-state index in [4.69, 9.17) is 0 Å². The third-order valence-electron chi connectivity index (χ3n) is 5.27. The predicted molar refractivity (Wildman–Crippen MR) is 119 cm³/mol.